The Balaban J connectivity index is 2.36. The lowest BCUT2D eigenvalue weighted by atomic mass is 9.53. The zero-order valence-corrected chi connectivity index (χ0v) is 19.2. The summed E-state index contributed by atoms with van der Waals surface area (Å²) >= 11 is 0. The van der Waals surface area contributed by atoms with Crippen LogP contribution in [0.5, 0.6) is 0 Å². The van der Waals surface area contributed by atoms with E-state index in [1.807, 2.05) is 6.08 Å². The van der Waals surface area contributed by atoms with Crippen LogP contribution in [-0.4, -0.2) is 16.5 Å². The summed E-state index contributed by atoms with van der Waals surface area (Å²) in [5.41, 5.74) is 7.23. The van der Waals surface area contributed by atoms with Gasteiger partial charge < -0.3 is 4.90 Å². The Morgan fingerprint density at radius 1 is 1.25 bits per heavy atom. The monoisotopic (exact) mass is 377 g/mol. The lowest BCUT2D eigenvalue weighted by Gasteiger charge is -2.63. The number of hydrogen-bond acceptors (Lipinski definition) is 1. The first kappa shape index (κ1) is 21.0. The summed E-state index contributed by atoms with van der Waals surface area (Å²) in [4.78, 5) is 2.62. The first-order valence-electron chi connectivity index (χ1n) is 11.0. The molecule has 152 valence electrons. The molecule has 3 rings (SSSR count). The lowest BCUT2D eigenvalue weighted by molar-refractivity contribution is 0.0269. The minimum absolute atomic E-state index is 0.0754. The normalized spacial score (nSPS) is 29.0. The average molecular weight is 378 g/mol. The molecule has 2 aliphatic heterocycles. The predicted octanol–water partition coefficient (Wildman–Crippen LogP) is 7.51. The Morgan fingerprint density at radius 3 is 2.43 bits per heavy atom. The maximum atomic E-state index is 4.54. The van der Waals surface area contributed by atoms with Crippen molar-refractivity contribution in [2.75, 3.05) is 0 Å². The molecule has 0 fully saturated rings. The minimum Gasteiger partial charge on any atom is -0.357 e. The molecule has 1 heteroatoms. The second kappa shape index (κ2) is 6.94. The van der Waals surface area contributed by atoms with Crippen LogP contribution in [0.4, 0.5) is 0 Å². The van der Waals surface area contributed by atoms with E-state index in [-0.39, 0.29) is 22.4 Å². The van der Waals surface area contributed by atoms with Gasteiger partial charge in [0.25, 0.3) is 0 Å². The molecule has 0 radical (unpaired) electrons. The number of allylic oxidation sites excluding steroid dienone is 3. The zero-order chi connectivity index (χ0) is 20.9. The van der Waals surface area contributed by atoms with Crippen molar-refractivity contribution in [3.8, 4) is 0 Å². The first-order valence-corrected chi connectivity index (χ1v) is 11.0. The molecule has 2 atom stereocenters. The van der Waals surface area contributed by atoms with Crippen LogP contribution in [0.25, 0.3) is 0 Å². The van der Waals surface area contributed by atoms with E-state index in [0.717, 1.165) is 18.4 Å². The van der Waals surface area contributed by atoms with Crippen LogP contribution < -0.4 is 0 Å². The first-order chi connectivity index (χ1) is 13.1. The molecule has 3 aliphatic rings. The van der Waals surface area contributed by atoms with Crippen molar-refractivity contribution >= 4 is 0 Å². The summed E-state index contributed by atoms with van der Waals surface area (Å²) in [7, 11) is 0. The summed E-state index contributed by atoms with van der Waals surface area (Å²) in [5, 5.41) is 0. The molecule has 0 saturated heterocycles. The number of nitrogens with zero attached hydrogens (tertiary/aromatic N) is 1. The number of fused-ring (bicyclic) bond motifs is 2. The molecule has 2 heterocycles. The highest BCUT2D eigenvalue weighted by molar-refractivity contribution is 5.54. The summed E-state index contributed by atoms with van der Waals surface area (Å²) in [6, 6.07) is 0.282. The molecule has 0 bridgehead atoms. The topological polar surface area (TPSA) is 3.24 Å². The van der Waals surface area contributed by atoms with Gasteiger partial charge in [0.05, 0.1) is 11.6 Å². The minimum atomic E-state index is -0.178. The smallest absolute Gasteiger partial charge is 0.0733 e. The summed E-state index contributed by atoms with van der Waals surface area (Å²) in [6.07, 6.45) is 16.3. The molecule has 0 N–H and O–H groups in total. The van der Waals surface area contributed by atoms with Gasteiger partial charge in [-0.2, -0.15) is 0 Å². The van der Waals surface area contributed by atoms with Crippen molar-refractivity contribution in [1.29, 1.82) is 0 Å². The third-order valence-corrected chi connectivity index (χ3v) is 7.84. The second-order valence-corrected chi connectivity index (χ2v) is 10.1. The van der Waals surface area contributed by atoms with Crippen LogP contribution in [-0.2, 0) is 0 Å². The van der Waals surface area contributed by atoms with Crippen molar-refractivity contribution in [3.63, 3.8) is 0 Å². The van der Waals surface area contributed by atoms with Crippen molar-refractivity contribution in [3.05, 3.63) is 71.5 Å². The van der Waals surface area contributed by atoms with E-state index in [0.29, 0.717) is 0 Å². The van der Waals surface area contributed by atoms with Gasteiger partial charge in [0.15, 0.2) is 0 Å². The highest BCUT2D eigenvalue weighted by atomic mass is 15.2. The van der Waals surface area contributed by atoms with Crippen LogP contribution in [0, 0.1) is 10.8 Å². The fraction of sp³-hybridized carbons (Fsp3) is 0.556. The summed E-state index contributed by atoms with van der Waals surface area (Å²) < 4.78 is 0. The molecular weight excluding hydrogens is 338 g/mol. The highest BCUT2D eigenvalue weighted by Gasteiger charge is 2.58. The van der Waals surface area contributed by atoms with Crippen molar-refractivity contribution in [1.82, 2.24) is 4.90 Å². The third-order valence-electron chi connectivity index (χ3n) is 7.84. The van der Waals surface area contributed by atoms with E-state index in [1.165, 1.54) is 29.6 Å². The van der Waals surface area contributed by atoms with Crippen LogP contribution in [0.15, 0.2) is 71.5 Å². The molecule has 0 amide bonds. The molecule has 0 aromatic rings. The van der Waals surface area contributed by atoms with Crippen LogP contribution in [0.3, 0.4) is 0 Å². The van der Waals surface area contributed by atoms with E-state index >= 15 is 0 Å². The van der Waals surface area contributed by atoms with Crippen LogP contribution in [0.1, 0.15) is 74.1 Å². The van der Waals surface area contributed by atoms with Crippen LogP contribution >= 0.6 is 0 Å². The molecule has 28 heavy (non-hydrogen) atoms. The Bertz CT molecular complexity index is 804. The SMILES string of the molecule is C=CC(=C)C1(C)N2C=C(C(C)(C)C)C=CC2C2=C(CCC(C)=C2)C1(CC)CC. The quantitative estimate of drug-likeness (QED) is 0.458. The predicted molar refractivity (Wildman–Crippen MR) is 123 cm³/mol. The van der Waals surface area contributed by atoms with Gasteiger partial charge in [-0.05, 0) is 61.7 Å². The van der Waals surface area contributed by atoms with E-state index in [4.69, 9.17) is 0 Å². The van der Waals surface area contributed by atoms with E-state index in [9.17, 15) is 0 Å². The van der Waals surface area contributed by atoms with E-state index in [1.54, 1.807) is 5.57 Å². The average Bonchev–Trinajstić information content (AvgIpc) is 2.67. The number of hydrogen-bond donors (Lipinski definition) is 0. The van der Waals surface area contributed by atoms with E-state index < -0.39 is 0 Å². The highest BCUT2D eigenvalue weighted by Crippen LogP contribution is 2.60. The van der Waals surface area contributed by atoms with Gasteiger partial charge in [0, 0.05) is 11.6 Å². The maximum absolute atomic E-state index is 4.54. The maximum Gasteiger partial charge on any atom is 0.0733 e. The van der Waals surface area contributed by atoms with Gasteiger partial charge in [-0.25, -0.2) is 0 Å². The standard InChI is InChI=1S/C27H39N/c1-10-20(5)26(9)27(11-2,12-3)23-15-13-19(4)17-22(23)24-16-14-21(18-28(24)26)25(6,7)8/h10,14,16-18,24H,1,5,11-13,15H2,2-4,6-9H3. The number of rotatable bonds is 4. The molecule has 1 aliphatic carbocycles. The van der Waals surface area contributed by atoms with Gasteiger partial charge in [0.2, 0.25) is 0 Å². The molecule has 2 unspecified atom stereocenters. The zero-order valence-electron chi connectivity index (χ0n) is 19.2. The molecule has 0 saturated carbocycles. The summed E-state index contributed by atoms with van der Waals surface area (Å²) in [5.74, 6) is 0. The molecule has 0 aromatic carbocycles. The summed E-state index contributed by atoms with van der Waals surface area (Å²) in [6.45, 7) is 25.0. The van der Waals surface area contributed by atoms with E-state index in [2.05, 4.69) is 91.0 Å². The largest absolute Gasteiger partial charge is 0.357 e. The molecule has 1 nitrogen and oxygen atoms in total. The fourth-order valence-electron chi connectivity index (χ4n) is 5.91. The van der Waals surface area contributed by atoms with Gasteiger partial charge in [0.1, 0.15) is 0 Å². The molecular formula is C27H39N. The Hall–Kier alpha value is -1.76. The van der Waals surface area contributed by atoms with Crippen molar-refractivity contribution in [2.45, 2.75) is 85.7 Å². The van der Waals surface area contributed by atoms with Gasteiger partial charge in [-0.3, -0.25) is 0 Å². The van der Waals surface area contributed by atoms with Gasteiger partial charge >= 0.3 is 0 Å². The van der Waals surface area contributed by atoms with Gasteiger partial charge in [-0.1, -0.05) is 83.2 Å². The Kier molecular flexibility index (Phi) is 5.19. The Labute approximate surface area is 173 Å². The van der Waals surface area contributed by atoms with Crippen LogP contribution in [0.2, 0.25) is 0 Å². The van der Waals surface area contributed by atoms with Crippen molar-refractivity contribution in [2.24, 2.45) is 10.8 Å². The molecule has 0 aromatic heterocycles. The fourth-order valence-corrected chi connectivity index (χ4v) is 5.91. The molecule has 0 spiro atoms. The van der Waals surface area contributed by atoms with Gasteiger partial charge in [-0.15, -0.1) is 0 Å². The van der Waals surface area contributed by atoms with Crippen molar-refractivity contribution < 1.29 is 0 Å². The Morgan fingerprint density at radius 2 is 1.89 bits per heavy atom. The third kappa shape index (κ3) is 2.73. The lowest BCUT2D eigenvalue weighted by Crippen LogP contribution is -2.64. The second-order valence-electron chi connectivity index (χ2n) is 10.1.